The highest BCUT2D eigenvalue weighted by Crippen LogP contribution is 2.47. The van der Waals surface area contributed by atoms with E-state index < -0.39 is 11.4 Å². The van der Waals surface area contributed by atoms with Crippen LogP contribution in [0.3, 0.4) is 0 Å². The van der Waals surface area contributed by atoms with Crippen molar-refractivity contribution in [2.45, 2.75) is 16.2 Å². The minimum atomic E-state index is -1.20. The lowest BCUT2D eigenvalue weighted by Crippen LogP contribution is -2.43. The number of thioether (sulfide) groups is 1. The number of hydrogen-bond acceptors (Lipinski definition) is 7. The average Bonchev–Trinajstić information content (AvgIpc) is 2.97. The van der Waals surface area contributed by atoms with E-state index in [1.54, 1.807) is 19.1 Å². The molecule has 8 heteroatoms. The van der Waals surface area contributed by atoms with E-state index >= 15 is 0 Å². The number of fused-ring (bicyclic) bond motifs is 1. The van der Waals surface area contributed by atoms with E-state index in [0.717, 1.165) is 27.6 Å². The summed E-state index contributed by atoms with van der Waals surface area (Å²) in [6, 6.07) is 20.5. The first kappa shape index (κ1) is 24.9. The van der Waals surface area contributed by atoms with Gasteiger partial charge in [0.05, 0.1) is 25.2 Å². The van der Waals surface area contributed by atoms with E-state index in [1.807, 2.05) is 85.7 Å². The first-order valence-corrected chi connectivity index (χ1v) is 12.2. The van der Waals surface area contributed by atoms with Crippen LogP contribution in [0, 0.1) is 0 Å². The molecule has 0 aromatic heterocycles. The van der Waals surface area contributed by atoms with Crippen LogP contribution in [-0.2, 0) is 4.79 Å². The number of methoxy groups -OCH3 is 2. The second-order valence-electron chi connectivity index (χ2n) is 8.46. The summed E-state index contributed by atoms with van der Waals surface area (Å²) in [7, 11) is 7.15. The molecule has 0 radical (unpaired) electrons. The Balaban J connectivity index is 1.70. The number of nitrogens with zero attached hydrogens (tertiary/aromatic N) is 2. The van der Waals surface area contributed by atoms with Crippen molar-refractivity contribution in [1.29, 1.82) is 0 Å². The Labute approximate surface area is 210 Å². The average molecular weight is 495 g/mol. The highest BCUT2D eigenvalue weighted by atomic mass is 32.2. The maximum atomic E-state index is 13.4. The van der Waals surface area contributed by atoms with Crippen LogP contribution in [0.5, 0.6) is 23.0 Å². The molecule has 0 unspecified atom stereocenters. The zero-order valence-corrected chi connectivity index (χ0v) is 21.1. The summed E-state index contributed by atoms with van der Waals surface area (Å²) in [5, 5.41) is 10.7. The summed E-state index contributed by atoms with van der Waals surface area (Å²) in [5.74, 6) is 2.48. The number of aliphatic hydroxyl groups is 1. The van der Waals surface area contributed by atoms with Gasteiger partial charge in [-0.3, -0.25) is 4.79 Å². The van der Waals surface area contributed by atoms with Crippen LogP contribution < -0.4 is 19.1 Å². The molecule has 0 saturated heterocycles. The number of amides is 1. The fourth-order valence-corrected chi connectivity index (χ4v) is 5.13. The largest absolute Gasteiger partial charge is 0.497 e. The molecule has 1 aliphatic rings. The number of aliphatic hydroxyl groups excluding tert-OH is 1. The Morgan fingerprint density at radius 3 is 2.06 bits per heavy atom. The molecule has 4 rings (SSSR count). The third-order valence-corrected chi connectivity index (χ3v) is 7.16. The molecule has 184 valence electrons. The predicted molar refractivity (Wildman–Crippen MR) is 138 cm³/mol. The first-order valence-electron chi connectivity index (χ1n) is 11.3. The van der Waals surface area contributed by atoms with Crippen LogP contribution in [-0.4, -0.2) is 63.4 Å². The van der Waals surface area contributed by atoms with Gasteiger partial charge in [0, 0.05) is 18.0 Å². The van der Waals surface area contributed by atoms with E-state index in [4.69, 9.17) is 14.2 Å². The number of anilines is 1. The monoisotopic (exact) mass is 494 g/mol. The number of likely N-dealkylation sites (N-methyl/N-ethyl adjacent to an activating group) is 1. The molecule has 0 fully saturated rings. The number of carbonyl (C=O) groups is 1. The van der Waals surface area contributed by atoms with Crippen LogP contribution in [0.1, 0.15) is 10.8 Å². The molecule has 1 N–H and O–H groups in total. The predicted octanol–water partition coefficient (Wildman–Crippen LogP) is 4.60. The van der Waals surface area contributed by atoms with Gasteiger partial charge in [0.25, 0.3) is 5.91 Å². The van der Waals surface area contributed by atoms with E-state index in [1.165, 1.54) is 11.8 Å². The van der Waals surface area contributed by atoms with Crippen molar-refractivity contribution in [2.75, 3.05) is 46.3 Å². The molecule has 3 aromatic carbocycles. The Kier molecular flexibility index (Phi) is 7.85. The van der Waals surface area contributed by atoms with Crippen LogP contribution >= 0.6 is 11.8 Å². The molecule has 0 spiro atoms. The van der Waals surface area contributed by atoms with Crippen LogP contribution in [0.15, 0.2) is 71.6 Å². The third kappa shape index (κ3) is 5.73. The van der Waals surface area contributed by atoms with Crippen molar-refractivity contribution in [2.24, 2.45) is 0 Å². The fraction of sp³-hybridized carbons (Fsp3) is 0.296. The van der Waals surface area contributed by atoms with Crippen molar-refractivity contribution >= 4 is 23.4 Å². The van der Waals surface area contributed by atoms with Gasteiger partial charge in [-0.15, -0.1) is 11.8 Å². The molecule has 1 amide bonds. The molecule has 1 heterocycles. The molecule has 2 atom stereocenters. The van der Waals surface area contributed by atoms with Crippen molar-refractivity contribution in [3.63, 3.8) is 0 Å². The maximum absolute atomic E-state index is 13.4. The highest BCUT2D eigenvalue weighted by molar-refractivity contribution is 7.99. The standard InChI is InChI=1S/C27H30N2O5S/c1-28(2)15-16-29-23-14-13-22(34-21-11-9-20(33-4)10-12-21)17-24(23)35-26(25(30)27(29)31)18-5-7-19(32-3)8-6-18/h5-14,17,25-26,30H,15-16H2,1-4H3/t25-,26+/m0/s1. The van der Waals surface area contributed by atoms with Gasteiger partial charge in [0.15, 0.2) is 0 Å². The highest BCUT2D eigenvalue weighted by Gasteiger charge is 2.37. The van der Waals surface area contributed by atoms with Gasteiger partial charge in [0.2, 0.25) is 0 Å². The number of carbonyl (C=O) groups excluding carboxylic acids is 1. The fourth-order valence-electron chi connectivity index (χ4n) is 3.84. The van der Waals surface area contributed by atoms with E-state index in [9.17, 15) is 9.90 Å². The Morgan fingerprint density at radius 1 is 0.886 bits per heavy atom. The minimum absolute atomic E-state index is 0.317. The summed E-state index contributed by atoms with van der Waals surface area (Å²) >= 11 is 1.46. The molecule has 3 aromatic rings. The number of hydrogen-bond donors (Lipinski definition) is 1. The second-order valence-corrected chi connectivity index (χ2v) is 9.64. The summed E-state index contributed by atoms with van der Waals surface area (Å²) < 4.78 is 16.6. The third-order valence-electron chi connectivity index (χ3n) is 5.79. The molecule has 0 aliphatic carbocycles. The number of benzene rings is 3. The van der Waals surface area contributed by atoms with Crippen molar-refractivity contribution in [1.82, 2.24) is 4.90 Å². The van der Waals surface area contributed by atoms with Gasteiger partial charge in [-0.05, 0) is 74.3 Å². The molecule has 1 aliphatic heterocycles. The molecule has 35 heavy (non-hydrogen) atoms. The molecule has 0 saturated carbocycles. The number of rotatable bonds is 8. The zero-order valence-electron chi connectivity index (χ0n) is 20.3. The minimum Gasteiger partial charge on any atom is -0.497 e. The second kappa shape index (κ2) is 11.0. The van der Waals surface area contributed by atoms with Crippen LogP contribution in [0.2, 0.25) is 0 Å². The first-order chi connectivity index (χ1) is 16.9. The lowest BCUT2D eigenvalue weighted by atomic mass is 10.1. The van der Waals surface area contributed by atoms with Gasteiger partial charge in [-0.25, -0.2) is 0 Å². The maximum Gasteiger partial charge on any atom is 0.257 e. The summed E-state index contributed by atoms with van der Waals surface area (Å²) in [5.41, 5.74) is 1.61. The Hall–Kier alpha value is -3.20. The quantitative estimate of drug-likeness (QED) is 0.491. The van der Waals surface area contributed by atoms with Gasteiger partial charge in [-0.1, -0.05) is 12.1 Å². The normalized spacial score (nSPS) is 17.7. The van der Waals surface area contributed by atoms with Gasteiger partial charge >= 0.3 is 0 Å². The molecule has 0 bridgehead atoms. The van der Waals surface area contributed by atoms with Crippen LogP contribution in [0.25, 0.3) is 0 Å². The Morgan fingerprint density at radius 2 is 1.46 bits per heavy atom. The molecular weight excluding hydrogens is 464 g/mol. The van der Waals surface area contributed by atoms with Crippen LogP contribution in [0.4, 0.5) is 5.69 Å². The Bertz CT molecular complexity index is 1150. The van der Waals surface area contributed by atoms with Crippen molar-refractivity contribution < 1.29 is 24.1 Å². The molecular formula is C27H30N2O5S. The van der Waals surface area contributed by atoms with Gasteiger partial charge < -0.3 is 29.1 Å². The summed E-state index contributed by atoms with van der Waals surface area (Å²) in [6.07, 6.45) is -1.20. The number of ether oxygens (including phenoxy) is 3. The molecule has 7 nitrogen and oxygen atoms in total. The van der Waals surface area contributed by atoms with Gasteiger partial charge in [-0.2, -0.15) is 0 Å². The van der Waals surface area contributed by atoms with E-state index in [0.29, 0.717) is 24.6 Å². The topological polar surface area (TPSA) is 71.5 Å². The summed E-state index contributed by atoms with van der Waals surface area (Å²) in [6.45, 7) is 1.13. The van der Waals surface area contributed by atoms with Crippen molar-refractivity contribution in [3.05, 3.63) is 72.3 Å². The van der Waals surface area contributed by atoms with E-state index in [2.05, 4.69) is 0 Å². The lowest BCUT2D eigenvalue weighted by Gasteiger charge is -2.26. The van der Waals surface area contributed by atoms with Gasteiger partial charge in [0.1, 0.15) is 29.1 Å². The smallest absolute Gasteiger partial charge is 0.257 e. The summed E-state index contributed by atoms with van der Waals surface area (Å²) in [4.78, 5) is 18.0. The van der Waals surface area contributed by atoms with Crippen molar-refractivity contribution in [3.8, 4) is 23.0 Å². The lowest BCUT2D eigenvalue weighted by molar-refractivity contribution is -0.126. The van der Waals surface area contributed by atoms with E-state index in [-0.39, 0.29) is 5.91 Å². The zero-order chi connectivity index (χ0) is 24.9. The SMILES string of the molecule is COc1ccc(Oc2ccc3c(c2)S[C@H](c2ccc(OC)cc2)[C@H](O)C(=O)N3CCN(C)C)cc1.